The van der Waals surface area contributed by atoms with Gasteiger partial charge in [-0.2, -0.15) is 0 Å². The average molecular weight is 397 g/mol. The van der Waals surface area contributed by atoms with Gasteiger partial charge in [-0.15, -0.1) is 0 Å². The number of hydrogen-bond donors (Lipinski definition) is 2. The molecule has 2 N–H and O–H groups in total. The Labute approximate surface area is 160 Å². The van der Waals surface area contributed by atoms with E-state index >= 15 is 0 Å². The zero-order valence-electron chi connectivity index (χ0n) is 15.7. The van der Waals surface area contributed by atoms with Crippen LogP contribution in [0, 0.1) is 5.92 Å². The molecule has 1 aromatic rings. The van der Waals surface area contributed by atoms with Crippen LogP contribution >= 0.6 is 0 Å². The molecule has 27 heavy (non-hydrogen) atoms. The van der Waals surface area contributed by atoms with Crippen LogP contribution in [-0.4, -0.2) is 62.0 Å². The van der Waals surface area contributed by atoms with E-state index in [2.05, 4.69) is 15.6 Å². The SMILES string of the molecule is CS(=O)(=O)N1CCCC(C(=O)NCCc2cccnc2)CCNC(=O)CC1. The van der Waals surface area contributed by atoms with Crippen LogP contribution in [0.15, 0.2) is 24.5 Å². The highest BCUT2D eigenvalue weighted by molar-refractivity contribution is 7.88. The minimum atomic E-state index is -3.36. The maximum Gasteiger partial charge on any atom is 0.223 e. The quantitative estimate of drug-likeness (QED) is 0.745. The molecule has 1 aromatic heterocycles. The van der Waals surface area contributed by atoms with E-state index in [9.17, 15) is 18.0 Å². The number of amides is 2. The molecule has 2 heterocycles. The summed E-state index contributed by atoms with van der Waals surface area (Å²) in [7, 11) is -3.36. The molecule has 2 amide bonds. The molecule has 1 unspecified atom stereocenters. The number of carbonyl (C=O) groups is 2. The molecule has 8 nitrogen and oxygen atoms in total. The summed E-state index contributed by atoms with van der Waals surface area (Å²) < 4.78 is 25.0. The lowest BCUT2D eigenvalue weighted by molar-refractivity contribution is -0.126. The summed E-state index contributed by atoms with van der Waals surface area (Å²) in [5.74, 6) is -0.502. The largest absolute Gasteiger partial charge is 0.356 e. The van der Waals surface area contributed by atoms with E-state index in [4.69, 9.17) is 0 Å². The molecule has 2 rings (SSSR count). The molecule has 0 spiro atoms. The number of rotatable bonds is 5. The Balaban J connectivity index is 1.89. The van der Waals surface area contributed by atoms with Crippen molar-refractivity contribution in [3.05, 3.63) is 30.1 Å². The fourth-order valence-electron chi connectivity index (χ4n) is 3.08. The first-order valence-corrected chi connectivity index (χ1v) is 11.1. The van der Waals surface area contributed by atoms with Crippen molar-refractivity contribution in [1.82, 2.24) is 19.9 Å². The highest BCUT2D eigenvalue weighted by Crippen LogP contribution is 2.14. The molecule has 0 aromatic carbocycles. The van der Waals surface area contributed by atoms with Crippen LogP contribution in [0.2, 0.25) is 0 Å². The molecule has 1 aliphatic rings. The predicted octanol–water partition coefficient (Wildman–Crippen LogP) is 0.308. The van der Waals surface area contributed by atoms with Crippen molar-refractivity contribution < 1.29 is 18.0 Å². The van der Waals surface area contributed by atoms with Gasteiger partial charge in [0.1, 0.15) is 0 Å². The van der Waals surface area contributed by atoms with Crippen LogP contribution in [0.1, 0.15) is 31.2 Å². The van der Waals surface area contributed by atoms with E-state index in [-0.39, 0.29) is 30.7 Å². The minimum absolute atomic E-state index is 0.0571. The Morgan fingerprint density at radius 2 is 2.19 bits per heavy atom. The van der Waals surface area contributed by atoms with Crippen LogP contribution in [0.4, 0.5) is 0 Å². The standard InChI is InChI=1S/C18H28N4O4S/c1-27(25,26)22-12-3-5-16(7-11-20-17(23)8-13-22)18(24)21-10-6-15-4-2-9-19-14-15/h2,4,9,14,16H,3,5-8,10-13H2,1H3,(H,20,23)(H,21,24). The molecule has 0 aliphatic carbocycles. The minimum Gasteiger partial charge on any atom is -0.356 e. The number of carbonyl (C=O) groups excluding carboxylic acids is 2. The van der Waals surface area contributed by atoms with Crippen molar-refractivity contribution in [3.8, 4) is 0 Å². The summed E-state index contributed by atoms with van der Waals surface area (Å²) in [6.07, 6.45) is 7.17. The second kappa shape index (κ2) is 10.4. The molecular weight excluding hydrogens is 368 g/mol. The Morgan fingerprint density at radius 3 is 2.89 bits per heavy atom. The molecule has 1 fully saturated rings. The first-order chi connectivity index (χ1) is 12.9. The predicted molar refractivity (Wildman–Crippen MR) is 102 cm³/mol. The van der Waals surface area contributed by atoms with E-state index < -0.39 is 10.0 Å². The average Bonchev–Trinajstić information content (AvgIpc) is 2.66. The van der Waals surface area contributed by atoms with Crippen molar-refractivity contribution in [2.45, 2.75) is 32.1 Å². The maximum atomic E-state index is 12.5. The van der Waals surface area contributed by atoms with Crippen molar-refractivity contribution in [1.29, 1.82) is 0 Å². The van der Waals surface area contributed by atoms with Gasteiger partial charge in [0.05, 0.1) is 6.26 Å². The van der Waals surface area contributed by atoms with E-state index in [0.29, 0.717) is 45.3 Å². The van der Waals surface area contributed by atoms with Gasteiger partial charge in [-0.25, -0.2) is 12.7 Å². The summed E-state index contributed by atoms with van der Waals surface area (Å²) in [5, 5.41) is 5.71. The van der Waals surface area contributed by atoms with Gasteiger partial charge in [-0.05, 0) is 37.3 Å². The van der Waals surface area contributed by atoms with E-state index in [0.717, 1.165) is 11.8 Å². The number of nitrogens with zero attached hydrogens (tertiary/aromatic N) is 2. The number of nitrogens with one attached hydrogen (secondary N) is 2. The van der Waals surface area contributed by atoms with Gasteiger partial charge in [-0.1, -0.05) is 6.07 Å². The number of aromatic nitrogens is 1. The maximum absolute atomic E-state index is 12.5. The summed E-state index contributed by atoms with van der Waals surface area (Å²) >= 11 is 0. The van der Waals surface area contributed by atoms with Crippen molar-refractivity contribution >= 4 is 21.8 Å². The molecule has 1 atom stereocenters. The van der Waals surface area contributed by atoms with Crippen LogP contribution in [0.5, 0.6) is 0 Å². The fraction of sp³-hybridized carbons (Fsp3) is 0.611. The third kappa shape index (κ3) is 7.64. The van der Waals surface area contributed by atoms with Crippen LogP contribution < -0.4 is 10.6 Å². The number of sulfonamides is 1. The summed E-state index contributed by atoms with van der Waals surface area (Å²) in [4.78, 5) is 28.4. The van der Waals surface area contributed by atoms with Crippen LogP contribution in [0.25, 0.3) is 0 Å². The fourth-order valence-corrected chi connectivity index (χ4v) is 3.97. The molecule has 9 heteroatoms. The molecule has 150 valence electrons. The van der Waals surface area contributed by atoms with E-state index in [1.807, 2.05) is 12.1 Å². The van der Waals surface area contributed by atoms with Crippen LogP contribution in [-0.2, 0) is 26.0 Å². The normalized spacial score (nSPS) is 20.3. The Bertz CT molecular complexity index is 724. The summed E-state index contributed by atoms with van der Waals surface area (Å²) in [6, 6.07) is 3.82. The molecule has 0 bridgehead atoms. The third-order valence-corrected chi connectivity index (χ3v) is 5.94. The Kier molecular flexibility index (Phi) is 8.18. The first-order valence-electron chi connectivity index (χ1n) is 9.24. The number of hydrogen-bond acceptors (Lipinski definition) is 5. The van der Waals surface area contributed by atoms with Gasteiger partial charge in [0.25, 0.3) is 0 Å². The van der Waals surface area contributed by atoms with Gasteiger partial charge >= 0.3 is 0 Å². The zero-order chi connectivity index (χ0) is 19.7. The number of pyridine rings is 1. The smallest absolute Gasteiger partial charge is 0.223 e. The topological polar surface area (TPSA) is 108 Å². The van der Waals surface area contributed by atoms with Gasteiger partial charge in [0, 0.05) is 50.9 Å². The van der Waals surface area contributed by atoms with Crippen molar-refractivity contribution in [3.63, 3.8) is 0 Å². The van der Waals surface area contributed by atoms with Gasteiger partial charge < -0.3 is 10.6 Å². The lowest BCUT2D eigenvalue weighted by Gasteiger charge is -2.20. The Hall–Kier alpha value is -2.00. The Morgan fingerprint density at radius 1 is 1.37 bits per heavy atom. The van der Waals surface area contributed by atoms with Crippen molar-refractivity contribution in [2.24, 2.45) is 5.92 Å². The van der Waals surface area contributed by atoms with E-state index in [1.165, 1.54) is 4.31 Å². The monoisotopic (exact) mass is 396 g/mol. The second-order valence-electron chi connectivity index (χ2n) is 6.79. The lowest BCUT2D eigenvalue weighted by atomic mass is 9.98. The lowest BCUT2D eigenvalue weighted by Crippen LogP contribution is -2.35. The third-order valence-electron chi connectivity index (χ3n) is 4.64. The van der Waals surface area contributed by atoms with Gasteiger partial charge in [-0.3, -0.25) is 14.6 Å². The molecule has 1 saturated heterocycles. The highest BCUT2D eigenvalue weighted by Gasteiger charge is 2.23. The van der Waals surface area contributed by atoms with Gasteiger partial charge in [0.2, 0.25) is 21.8 Å². The second-order valence-corrected chi connectivity index (χ2v) is 8.77. The van der Waals surface area contributed by atoms with E-state index in [1.54, 1.807) is 12.4 Å². The summed E-state index contributed by atoms with van der Waals surface area (Å²) in [5.41, 5.74) is 1.05. The van der Waals surface area contributed by atoms with Gasteiger partial charge in [0.15, 0.2) is 0 Å². The zero-order valence-corrected chi connectivity index (χ0v) is 16.5. The van der Waals surface area contributed by atoms with Crippen molar-refractivity contribution in [2.75, 3.05) is 32.4 Å². The molecule has 0 radical (unpaired) electrons. The summed E-state index contributed by atoms with van der Waals surface area (Å²) in [6.45, 7) is 1.43. The first kappa shape index (κ1) is 21.3. The van der Waals surface area contributed by atoms with Crippen LogP contribution in [0.3, 0.4) is 0 Å². The molecular formula is C18H28N4O4S. The molecule has 1 aliphatic heterocycles. The molecule has 0 saturated carbocycles. The highest BCUT2D eigenvalue weighted by atomic mass is 32.2.